The Morgan fingerprint density at radius 2 is 1.86 bits per heavy atom. The summed E-state index contributed by atoms with van der Waals surface area (Å²) in [5.74, 6) is 0. The summed E-state index contributed by atoms with van der Waals surface area (Å²) in [4.78, 5) is 18.2. The summed E-state index contributed by atoms with van der Waals surface area (Å²) in [6.07, 6.45) is 2.83. The molecule has 1 aliphatic heterocycles. The maximum atomic E-state index is 13.3. The van der Waals surface area contributed by atoms with Gasteiger partial charge < -0.3 is 9.64 Å². The number of rotatable bonds is 2. The Morgan fingerprint density at radius 3 is 2.48 bits per heavy atom. The van der Waals surface area contributed by atoms with E-state index >= 15 is 0 Å². The van der Waals surface area contributed by atoms with Crippen LogP contribution < -0.4 is 0 Å². The number of carbonyl (C=O) groups excluding carboxylic acids is 1. The van der Waals surface area contributed by atoms with Crippen molar-refractivity contribution in [1.82, 2.24) is 14.2 Å². The summed E-state index contributed by atoms with van der Waals surface area (Å²) in [6, 6.07) is 6.53. The van der Waals surface area contributed by atoms with Crippen molar-refractivity contribution < 1.29 is 17.9 Å². The monoisotopic (exact) mass is 463 g/mol. The van der Waals surface area contributed by atoms with Gasteiger partial charge >= 0.3 is 6.09 Å². The van der Waals surface area contributed by atoms with Gasteiger partial charge in [-0.05, 0) is 39.8 Å². The highest BCUT2D eigenvalue weighted by Crippen LogP contribution is 2.28. The first-order chi connectivity index (χ1) is 12.6. The fraction of sp³-hybridized carbons (Fsp3) is 0.474. The number of ether oxygens (including phenoxy) is 1. The fourth-order valence-corrected chi connectivity index (χ4v) is 5.06. The first-order valence-corrected chi connectivity index (χ1v) is 10.4. The predicted molar refractivity (Wildman–Crippen MR) is 117 cm³/mol. The Bertz CT molecular complexity index is 958. The third-order valence-corrected chi connectivity index (χ3v) is 6.52. The van der Waals surface area contributed by atoms with Gasteiger partial charge in [-0.2, -0.15) is 4.31 Å². The van der Waals surface area contributed by atoms with E-state index in [1.165, 1.54) is 4.31 Å². The Labute approximate surface area is 184 Å². The van der Waals surface area contributed by atoms with Crippen LogP contribution in [-0.4, -0.2) is 60.0 Å². The molecule has 1 amide bonds. The molecule has 1 fully saturated rings. The lowest BCUT2D eigenvalue weighted by Gasteiger charge is -2.39. The fourth-order valence-electron chi connectivity index (χ4n) is 3.23. The molecule has 1 aromatic heterocycles. The minimum atomic E-state index is -3.70. The van der Waals surface area contributed by atoms with Gasteiger partial charge in [0.1, 0.15) is 5.60 Å². The van der Waals surface area contributed by atoms with E-state index < -0.39 is 21.7 Å². The van der Waals surface area contributed by atoms with Crippen LogP contribution >= 0.6 is 24.8 Å². The molecule has 1 saturated heterocycles. The quantitative estimate of drug-likeness (QED) is 0.677. The van der Waals surface area contributed by atoms with Crippen LogP contribution in [0, 0.1) is 0 Å². The van der Waals surface area contributed by atoms with Gasteiger partial charge in [0.05, 0.1) is 4.90 Å². The van der Waals surface area contributed by atoms with E-state index in [2.05, 4.69) is 4.98 Å². The molecule has 0 radical (unpaired) electrons. The van der Waals surface area contributed by atoms with Crippen LogP contribution in [0.25, 0.3) is 10.8 Å². The van der Waals surface area contributed by atoms with Crippen molar-refractivity contribution >= 4 is 51.7 Å². The van der Waals surface area contributed by atoms with Crippen molar-refractivity contribution in [3.8, 4) is 0 Å². The van der Waals surface area contributed by atoms with Gasteiger partial charge in [-0.1, -0.05) is 12.1 Å². The minimum Gasteiger partial charge on any atom is -0.444 e. The molecule has 2 heterocycles. The minimum absolute atomic E-state index is 0. The number of amides is 1. The molecule has 0 aliphatic carbocycles. The molecule has 1 aliphatic rings. The number of benzene rings is 1. The second kappa shape index (κ2) is 9.47. The van der Waals surface area contributed by atoms with Crippen LogP contribution in [0.1, 0.15) is 27.7 Å². The van der Waals surface area contributed by atoms with Crippen LogP contribution in [0.2, 0.25) is 0 Å². The molecule has 0 saturated carbocycles. The first kappa shape index (κ1) is 25.4. The second-order valence-corrected chi connectivity index (χ2v) is 9.60. The summed E-state index contributed by atoms with van der Waals surface area (Å²) in [7, 11) is -3.70. The number of hydrogen-bond donors (Lipinski definition) is 0. The zero-order valence-electron chi connectivity index (χ0n) is 16.9. The van der Waals surface area contributed by atoms with Crippen molar-refractivity contribution in [2.75, 3.05) is 19.6 Å². The zero-order chi connectivity index (χ0) is 19.8. The number of hydrogen-bond acceptors (Lipinski definition) is 5. The van der Waals surface area contributed by atoms with Crippen molar-refractivity contribution in [3.05, 3.63) is 36.7 Å². The number of carbonyl (C=O) groups is 1. The van der Waals surface area contributed by atoms with Crippen molar-refractivity contribution in [3.63, 3.8) is 0 Å². The van der Waals surface area contributed by atoms with Crippen LogP contribution in [0.3, 0.4) is 0 Å². The molecular weight excluding hydrogens is 437 g/mol. The highest BCUT2D eigenvalue weighted by molar-refractivity contribution is 7.89. The van der Waals surface area contributed by atoms with Gasteiger partial charge in [0.25, 0.3) is 0 Å². The molecule has 2 aromatic rings. The van der Waals surface area contributed by atoms with Gasteiger partial charge in [0.2, 0.25) is 10.0 Å². The molecule has 10 heteroatoms. The van der Waals surface area contributed by atoms with Crippen LogP contribution in [0.5, 0.6) is 0 Å². The number of sulfonamides is 1. The predicted octanol–water partition coefficient (Wildman–Crippen LogP) is 3.71. The first-order valence-electron chi connectivity index (χ1n) is 8.92. The molecule has 0 bridgehead atoms. The Morgan fingerprint density at radius 1 is 1.17 bits per heavy atom. The molecule has 3 rings (SSSR count). The summed E-state index contributed by atoms with van der Waals surface area (Å²) >= 11 is 0. The molecule has 7 nitrogen and oxygen atoms in total. The molecule has 0 N–H and O–H groups in total. The van der Waals surface area contributed by atoms with Gasteiger partial charge in [0, 0.05) is 48.8 Å². The standard InChI is InChI=1S/C19H25N3O4S.2ClH/c1-14-13-21(18(23)26-19(2,3)4)10-11-22(14)27(24,25)17-7-5-6-15-12-20-9-8-16(15)17;;/h5-9,12,14H,10-11,13H2,1-4H3;2*1H/t14-;;/m0../s1. The number of fused-ring (bicyclic) bond motifs is 1. The smallest absolute Gasteiger partial charge is 0.410 e. The summed E-state index contributed by atoms with van der Waals surface area (Å²) < 4.78 is 33.4. The van der Waals surface area contributed by atoms with Gasteiger partial charge in [-0.15, -0.1) is 24.8 Å². The largest absolute Gasteiger partial charge is 0.444 e. The van der Waals surface area contributed by atoms with E-state index in [9.17, 15) is 13.2 Å². The molecule has 0 unspecified atom stereocenters. The topological polar surface area (TPSA) is 79.8 Å². The van der Waals surface area contributed by atoms with Crippen LogP contribution in [0.15, 0.2) is 41.6 Å². The van der Waals surface area contributed by atoms with Crippen molar-refractivity contribution in [2.45, 2.75) is 44.2 Å². The van der Waals surface area contributed by atoms with E-state index in [1.807, 2.05) is 26.8 Å². The number of aromatic nitrogens is 1. The lowest BCUT2D eigenvalue weighted by atomic mass is 10.2. The maximum Gasteiger partial charge on any atom is 0.410 e. The number of piperazine rings is 1. The Hall–Kier alpha value is -1.61. The second-order valence-electron chi connectivity index (χ2n) is 7.74. The van der Waals surface area contributed by atoms with Crippen molar-refractivity contribution in [1.29, 1.82) is 0 Å². The number of pyridine rings is 1. The number of nitrogens with zero attached hydrogens (tertiary/aromatic N) is 3. The zero-order valence-corrected chi connectivity index (χ0v) is 19.3. The molecule has 1 atom stereocenters. The molecule has 1 aromatic carbocycles. The maximum absolute atomic E-state index is 13.3. The molecule has 0 spiro atoms. The third-order valence-electron chi connectivity index (χ3n) is 4.45. The van der Waals surface area contributed by atoms with Gasteiger partial charge in [-0.25, -0.2) is 13.2 Å². The highest BCUT2D eigenvalue weighted by atomic mass is 35.5. The summed E-state index contributed by atoms with van der Waals surface area (Å²) in [6.45, 7) is 8.05. The average molecular weight is 464 g/mol. The molecule has 29 heavy (non-hydrogen) atoms. The van der Waals surface area contributed by atoms with E-state index in [-0.39, 0.29) is 42.3 Å². The SMILES string of the molecule is C[C@H]1CN(C(=O)OC(C)(C)C)CCN1S(=O)(=O)c1cccc2cnccc12.Cl.Cl. The Balaban J connectivity index is 0.00000210. The lowest BCUT2D eigenvalue weighted by molar-refractivity contribution is 0.0143. The molecular formula is C19H27Cl2N3O4S. The van der Waals surface area contributed by atoms with E-state index in [0.717, 1.165) is 5.39 Å². The molecule has 162 valence electrons. The normalized spacial score (nSPS) is 17.9. The Kier molecular flexibility index (Phi) is 8.30. The average Bonchev–Trinajstić information content (AvgIpc) is 2.59. The number of halogens is 2. The van der Waals surface area contributed by atoms with Crippen molar-refractivity contribution in [2.24, 2.45) is 0 Å². The van der Waals surface area contributed by atoms with E-state index in [0.29, 0.717) is 18.5 Å². The van der Waals surface area contributed by atoms with Gasteiger partial charge in [0.15, 0.2) is 0 Å². The van der Waals surface area contributed by atoms with Crippen LogP contribution in [-0.2, 0) is 14.8 Å². The highest BCUT2D eigenvalue weighted by Gasteiger charge is 2.37. The summed E-state index contributed by atoms with van der Waals surface area (Å²) in [5.41, 5.74) is -0.583. The van der Waals surface area contributed by atoms with Crippen LogP contribution in [0.4, 0.5) is 4.79 Å². The third kappa shape index (κ3) is 5.51. The van der Waals surface area contributed by atoms with E-state index in [1.54, 1.807) is 42.4 Å². The lowest BCUT2D eigenvalue weighted by Crippen LogP contribution is -2.56. The van der Waals surface area contributed by atoms with Gasteiger partial charge in [-0.3, -0.25) is 4.98 Å². The summed E-state index contributed by atoms with van der Waals surface area (Å²) in [5, 5.41) is 1.42. The van der Waals surface area contributed by atoms with E-state index in [4.69, 9.17) is 4.74 Å².